The highest BCUT2D eigenvalue weighted by molar-refractivity contribution is 7.89. The molecule has 0 aliphatic rings. The van der Waals surface area contributed by atoms with Gasteiger partial charge >= 0.3 is 0 Å². The average molecular weight is 294 g/mol. The third kappa shape index (κ3) is 4.55. The van der Waals surface area contributed by atoms with Crippen LogP contribution in [0.1, 0.15) is 18.9 Å². The predicted octanol–water partition coefficient (Wildman–Crippen LogP) is 2.61. The van der Waals surface area contributed by atoms with Gasteiger partial charge in [-0.1, -0.05) is 19.1 Å². The van der Waals surface area contributed by atoms with E-state index < -0.39 is 10.0 Å². The van der Waals surface area contributed by atoms with Gasteiger partial charge in [0.1, 0.15) is 5.82 Å². The second kappa shape index (κ2) is 7.07. The predicted molar refractivity (Wildman–Crippen MR) is 71.6 cm³/mol. The molecule has 0 heterocycles. The molecule has 1 rings (SSSR count). The Bertz CT molecular complexity index is 479. The fourth-order valence-electron chi connectivity index (χ4n) is 1.61. The van der Waals surface area contributed by atoms with Gasteiger partial charge in [-0.15, -0.1) is 11.6 Å². The summed E-state index contributed by atoms with van der Waals surface area (Å²) >= 11 is 5.50. The van der Waals surface area contributed by atoms with E-state index in [0.29, 0.717) is 24.4 Å². The Labute approximate surface area is 113 Å². The Hall–Kier alpha value is -0.650. The van der Waals surface area contributed by atoms with E-state index in [4.69, 9.17) is 11.6 Å². The Morgan fingerprint density at radius 3 is 2.67 bits per heavy atom. The zero-order chi connectivity index (χ0) is 13.6. The molecular formula is C12H17ClFNO2S. The molecule has 1 aromatic carbocycles. The standard InChI is InChI=1S/C12H17ClFNO2S/c1-2-15(18(16,17)8-4-7-13)10-11-5-3-6-12(14)9-11/h3,5-6,9H,2,4,7-8,10H2,1H3. The first-order chi connectivity index (χ1) is 8.49. The summed E-state index contributed by atoms with van der Waals surface area (Å²) in [6.45, 7) is 2.32. The van der Waals surface area contributed by atoms with Gasteiger partial charge in [-0.3, -0.25) is 0 Å². The van der Waals surface area contributed by atoms with Crippen molar-refractivity contribution in [2.24, 2.45) is 0 Å². The van der Waals surface area contributed by atoms with Gasteiger partial charge in [-0.05, 0) is 24.1 Å². The third-order valence-corrected chi connectivity index (χ3v) is 4.78. The average Bonchev–Trinajstić information content (AvgIpc) is 2.33. The molecule has 6 heteroatoms. The van der Waals surface area contributed by atoms with Gasteiger partial charge in [0.25, 0.3) is 0 Å². The Kier molecular flexibility index (Phi) is 6.05. The fraction of sp³-hybridized carbons (Fsp3) is 0.500. The molecule has 0 radical (unpaired) electrons. The molecule has 0 N–H and O–H groups in total. The van der Waals surface area contributed by atoms with Crippen LogP contribution in [0.5, 0.6) is 0 Å². The number of sulfonamides is 1. The van der Waals surface area contributed by atoms with Crippen LogP contribution in [0.3, 0.4) is 0 Å². The van der Waals surface area contributed by atoms with Gasteiger partial charge in [0.15, 0.2) is 0 Å². The van der Waals surface area contributed by atoms with E-state index in [1.54, 1.807) is 19.1 Å². The minimum Gasteiger partial charge on any atom is -0.212 e. The fourth-order valence-corrected chi connectivity index (χ4v) is 3.41. The van der Waals surface area contributed by atoms with E-state index in [1.807, 2.05) is 0 Å². The molecule has 0 aliphatic heterocycles. The molecule has 102 valence electrons. The number of halogens is 2. The van der Waals surface area contributed by atoms with Crippen LogP contribution in [0, 0.1) is 5.82 Å². The monoisotopic (exact) mass is 293 g/mol. The van der Waals surface area contributed by atoms with Gasteiger partial charge in [-0.2, -0.15) is 4.31 Å². The van der Waals surface area contributed by atoms with Crippen molar-refractivity contribution in [3.63, 3.8) is 0 Å². The van der Waals surface area contributed by atoms with Crippen LogP contribution in [0.2, 0.25) is 0 Å². The highest BCUT2D eigenvalue weighted by Crippen LogP contribution is 2.12. The zero-order valence-electron chi connectivity index (χ0n) is 10.3. The highest BCUT2D eigenvalue weighted by Gasteiger charge is 2.20. The molecule has 0 saturated carbocycles. The molecule has 0 atom stereocenters. The van der Waals surface area contributed by atoms with E-state index >= 15 is 0 Å². The summed E-state index contributed by atoms with van der Waals surface area (Å²) in [5.41, 5.74) is 0.645. The Balaban J connectivity index is 2.78. The maximum absolute atomic E-state index is 13.0. The number of hydrogen-bond acceptors (Lipinski definition) is 2. The quantitative estimate of drug-likeness (QED) is 0.725. The molecule has 18 heavy (non-hydrogen) atoms. The van der Waals surface area contributed by atoms with E-state index in [2.05, 4.69) is 0 Å². The summed E-state index contributed by atoms with van der Waals surface area (Å²) in [6, 6.07) is 5.97. The van der Waals surface area contributed by atoms with Crippen LogP contribution in [-0.2, 0) is 16.6 Å². The second-order valence-corrected chi connectivity index (χ2v) is 6.38. The van der Waals surface area contributed by atoms with Gasteiger partial charge in [0.05, 0.1) is 5.75 Å². The summed E-state index contributed by atoms with van der Waals surface area (Å²) in [5.74, 6) is -0.0159. The summed E-state index contributed by atoms with van der Waals surface area (Å²) in [5, 5.41) is 0. The molecule has 1 aromatic rings. The maximum atomic E-state index is 13.0. The molecule has 0 unspecified atom stereocenters. The molecule has 0 bridgehead atoms. The number of hydrogen-bond donors (Lipinski definition) is 0. The van der Waals surface area contributed by atoms with Crippen molar-refractivity contribution in [3.8, 4) is 0 Å². The van der Waals surface area contributed by atoms with Crippen molar-refractivity contribution in [1.82, 2.24) is 4.31 Å². The lowest BCUT2D eigenvalue weighted by Crippen LogP contribution is -2.32. The molecule has 0 saturated heterocycles. The van der Waals surface area contributed by atoms with E-state index in [1.165, 1.54) is 16.4 Å². The van der Waals surface area contributed by atoms with Crippen LogP contribution in [0.15, 0.2) is 24.3 Å². The molecule has 0 fully saturated rings. The smallest absolute Gasteiger partial charge is 0.212 e. The van der Waals surface area contributed by atoms with Crippen LogP contribution < -0.4 is 0 Å². The maximum Gasteiger partial charge on any atom is 0.214 e. The van der Waals surface area contributed by atoms with E-state index in [-0.39, 0.29) is 18.1 Å². The van der Waals surface area contributed by atoms with Crippen LogP contribution in [-0.4, -0.2) is 30.9 Å². The summed E-state index contributed by atoms with van der Waals surface area (Å²) in [4.78, 5) is 0. The number of rotatable bonds is 7. The molecule has 0 aromatic heterocycles. The van der Waals surface area contributed by atoms with Gasteiger partial charge < -0.3 is 0 Å². The first-order valence-electron chi connectivity index (χ1n) is 5.78. The van der Waals surface area contributed by atoms with Crippen molar-refractivity contribution in [3.05, 3.63) is 35.6 Å². The van der Waals surface area contributed by atoms with Crippen molar-refractivity contribution >= 4 is 21.6 Å². The van der Waals surface area contributed by atoms with E-state index in [0.717, 1.165) is 0 Å². The molecule has 0 amide bonds. The first-order valence-corrected chi connectivity index (χ1v) is 7.92. The highest BCUT2D eigenvalue weighted by atomic mass is 35.5. The van der Waals surface area contributed by atoms with Crippen molar-refractivity contribution < 1.29 is 12.8 Å². The van der Waals surface area contributed by atoms with Crippen LogP contribution >= 0.6 is 11.6 Å². The lowest BCUT2D eigenvalue weighted by molar-refractivity contribution is 0.422. The van der Waals surface area contributed by atoms with Gasteiger partial charge in [0.2, 0.25) is 10.0 Å². The van der Waals surface area contributed by atoms with Crippen molar-refractivity contribution in [1.29, 1.82) is 0 Å². The Morgan fingerprint density at radius 2 is 2.11 bits per heavy atom. The van der Waals surface area contributed by atoms with Gasteiger partial charge in [-0.25, -0.2) is 12.8 Å². The van der Waals surface area contributed by atoms with Crippen molar-refractivity contribution in [2.75, 3.05) is 18.2 Å². The molecule has 3 nitrogen and oxygen atoms in total. The summed E-state index contributed by atoms with van der Waals surface area (Å²) in [7, 11) is -3.32. The summed E-state index contributed by atoms with van der Waals surface area (Å²) < 4.78 is 38.3. The molecular weight excluding hydrogens is 277 g/mol. The largest absolute Gasteiger partial charge is 0.214 e. The van der Waals surface area contributed by atoms with Crippen LogP contribution in [0.25, 0.3) is 0 Å². The minimum absolute atomic E-state index is 0.0274. The lowest BCUT2D eigenvalue weighted by atomic mass is 10.2. The molecule has 0 aliphatic carbocycles. The van der Waals surface area contributed by atoms with E-state index in [9.17, 15) is 12.8 Å². The van der Waals surface area contributed by atoms with Gasteiger partial charge in [0, 0.05) is 19.0 Å². The third-order valence-electron chi connectivity index (χ3n) is 2.53. The second-order valence-electron chi connectivity index (χ2n) is 3.91. The SMILES string of the molecule is CCN(Cc1cccc(F)c1)S(=O)(=O)CCCCl. The minimum atomic E-state index is -3.32. The summed E-state index contributed by atoms with van der Waals surface area (Å²) in [6.07, 6.45) is 0.420. The normalized spacial score (nSPS) is 12.0. The number of nitrogens with zero attached hydrogens (tertiary/aromatic N) is 1. The van der Waals surface area contributed by atoms with Crippen molar-refractivity contribution in [2.45, 2.75) is 19.9 Å². The zero-order valence-corrected chi connectivity index (χ0v) is 11.8. The number of alkyl halides is 1. The van der Waals surface area contributed by atoms with Crippen LogP contribution in [0.4, 0.5) is 4.39 Å². The first kappa shape index (κ1) is 15.4. The number of benzene rings is 1. The Morgan fingerprint density at radius 1 is 1.39 bits per heavy atom. The molecule has 0 spiro atoms. The topological polar surface area (TPSA) is 37.4 Å². The lowest BCUT2D eigenvalue weighted by Gasteiger charge is -2.20.